The van der Waals surface area contributed by atoms with Crippen molar-refractivity contribution in [3.63, 3.8) is 0 Å². The van der Waals surface area contributed by atoms with E-state index in [1.807, 2.05) is 0 Å². The second-order valence-corrected chi connectivity index (χ2v) is 14.8. The molecule has 58 heavy (non-hydrogen) atoms. The molecule has 0 spiro atoms. The van der Waals surface area contributed by atoms with Crippen LogP contribution in [0.5, 0.6) is 0 Å². The van der Waals surface area contributed by atoms with Gasteiger partial charge in [0.15, 0.2) is 17.5 Å². The number of fused-ring (bicyclic) bond motifs is 8. The van der Waals surface area contributed by atoms with Crippen LogP contribution in [0.15, 0.2) is 200 Å². The summed E-state index contributed by atoms with van der Waals surface area (Å²) < 4.78 is 4.71. The first-order valence-electron chi connectivity index (χ1n) is 19.6. The number of aromatic nitrogens is 5. The molecule has 0 radical (unpaired) electrons. The van der Waals surface area contributed by atoms with Gasteiger partial charge in [0.05, 0.1) is 27.8 Å². The van der Waals surface area contributed by atoms with Gasteiger partial charge in [0, 0.05) is 43.9 Å². The van der Waals surface area contributed by atoms with Crippen LogP contribution >= 0.6 is 0 Å². The van der Waals surface area contributed by atoms with Crippen molar-refractivity contribution in [1.82, 2.24) is 24.1 Å². The molecule has 0 saturated carbocycles. The van der Waals surface area contributed by atoms with Crippen molar-refractivity contribution in [3.8, 4) is 45.5 Å². The van der Waals surface area contributed by atoms with Gasteiger partial charge >= 0.3 is 0 Å². The zero-order chi connectivity index (χ0) is 38.2. The minimum Gasteiger partial charge on any atom is -0.309 e. The molecule has 0 aliphatic heterocycles. The predicted molar refractivity (Wildman–Crippen MR) is 240 cm³/mol. The predicted octanol–water partition coefficient (Wildman–Crippen LogP) is 13.4. The quantitative estimate of drug-likeness (QED) is 0.177. The highest BCUT2D eigenvalue weighted by molar-refractivity contribution is 6.14. The third kappa shape index (κ3) is 5.00. The van der Waals surface area contributed by atoms with E-state index in [1.165, 1.54) is 26.9 Å². The molecule has 0 atom stereocenters. The highest BCUT2D eigenvalue weighted by Gasteiger charge is 2.21. The van der Waals surface area contributed by atoms with E-state index < -0.39 is 0 Å². The molecular weight excluding hydrogens is 707 g/mol. The lowest BCUT2D eigenvalue weighted by atomic mass is 10.0. The Kier molecular flexibility index (Phi) is 7.16. The summed E-state index contributed by atoms with van der Waals surface area (Å²) in [5.41, 5.74) is 9.49. The Labute approximate surface area is 333 Å². The third-order valence-corrected chi connectivity index (χ3v) is 11.5. The van der Waals surface area contributed by atoms with E-state index >= 15 is 0 Å². The number of hydrogen-bond acceptors (Lipinski definition) is 3. The Morgan fingerprint density at radius 2 is 0.828 bits per heavy atom. The summed E-state index contributed by atoms with van der Waals surface area (Å²) >= 11 is 0. The second kappa shape index (κ2) is 12.8. The molecule has 3 heterocycles. The maximum atomic E-state index is 5.37. The number of nitrogens with zero attached hydrogens (tertiary/aromatic N) is 5. The summed E-state index contributed by atoms with van der Waals surface area (Å²) in [5.74, 6) is 1.86. The zero-order valence-electron chi connectivity index (χ0n) is 31.3. The SMILES string of the molecule is c1ccc(-n2c3ccccc3c3cc(-c4nc(-c5ccccc5-n5c6ccccc6c6cc7ccccc7cc65)nc(-c5cccc6ccccc56)n4)ccc32)cc1. The van der Waals surface area contributed by atoms with Crippen LogP contribution in [0.4, 0.5) is 0 Å². The van der Waals surface area contributed by atoms with Crippen molar-refractivity contribution in [1.29, 1.82) is 0 Å². The topological polar surface area (TPSA) is 48.5 Å². The van der Waals surface area contributed by atoms with Crippen molar-refractivity contribution in [2.24, 2.45) is 0 Å². The molecule has 0 N–H and O–H groups in total. The van der Waals surface area contributed by atoms with Crippen molar-refractivity contribution < 1.29 is 0 Å². The Bertz CT molecular complexity index is 3570. The maximum absolute atomic E-state index is 5.37. The van der Waals surface area contributed by atoms with E-state index in [0.29, 0.717) is 17.5 Å². The average Bonchev–Trinajstić information content (AvgIpc) is 3.80. The van der Waals surface area contributed by atoms with Crippen LogP contribution in [0, 0.1) is 0 Å². The minimum absolute atomic E-state index is 0.613. The molecular formula is C53H33N5. The van der Waals surface area contributed by atoms with Crippen LogP contribution in [0.2, 0.25) is 0 Å². The van der Waals surface area contributed by atoms with Crippen LogP contribution in [0.1, 0.15) is 0 Å². The first-order valence-corrected chi connectivity index (χ1v) is 19.6. The number of hydrogen-bond donors (Lipinski definition) is 0. The average molecular weight is 740 g/mol. The highest BCUT2D eigenvalue weighted by Crippen LogP contribution is 2.39. The molecule has 9 aromatic carbocycles. The van der Waals surface area contributed by atoms with Crippen molar-refractivity contribution in [3.05, 3.63) is 200 Å². The van der Waals surface area contributed by atoms with E-state index in [9.17, 15) is 0 Å². The zero-order valence-corrected chi connectivity index (χ0v) is 31.3. The standard InChI is InChI=1S/C53H33N5/c1-2-19-38(20-3-1)57-46-26-11-8-22-40(46)44-32-37(29-30-49(44)57)51-54-52(42-25-14-18-34-15-6-7-21-39(34)42)56-53(55-51)43-24-10-13-28-48(43)58-47-27-12-9-23-41(47)45-31-35-16-4-5-17-36(35)33-50(45)58/h1-33H. The van der Waals surface area contributed by atoms with Gasteiger partial charge in [0.2, 0.25) is 0 Å². The first kappa shape index (κ1) is 32.4. The molecule has 3 aromatic heterocycles. The van der Waals surface area contributed by atoms with Gasteiger partial charge in [0.25, 0.3) is 0 Å². The van der Waals surface area contributed by atoms with E-state index in [-0.39, 0.29) is 0 Å². The summed E-state index contributed by atoms with van der Waals surface area (Å²) in [6, 6.07) is 70.9. The molecule has 0 saturated heterocycles. The van der Waals surface area contributed by atoms with Crippen LogP contribution in [-0.4, -0.2) is 24.1 Å². The molecule has 12 rings (SSSR count). The van der Waals surface area contributed by atoms with E-state index in [1.54, 1.807) is 0 Å². The molecule has 0 bridgehead atoms. The Morgan fingerprint density at radius 3 is 1.62 bits per heavy atom. The summed E-state index contributed by atoms with van der Waals surface area (Å²) in [7, 11) is 0. The van der Waals surface area contributed by atoms with Crippen LogP contribution in [0.3, 0.4) is 0 Å². The van der Waals surface area contributed by atoms with Gasteiger partial charge in [0.1, 0.15) is 0 Å². The molecule has 0 amide bonds. The molecule has 5 nitrogen and oxygen atoms in total. The van der Waals surface area contributed by atoms with Crippen LogP contribution in [-0.2, 0) is 0 Å². The molecule has 5 heteroatoms. The number of benzene rings is 9. The second-order valence-electron chi connectivity index (χ2n) is 14.8. The Hall–Kier alpha value is -7.89. The normalized spacial score (nSPS) is 11.8. The third-order valence-electron chi connectivity index (χ3n) is 11.5. The van der Waals surface area contributed by atoms with Crippen molar-refractivity contribution in [2.75, 3.05) is 0 Å². The van der Waals surface area contributed by atoms with E-state index in [2.05, 4.69) is 209 Å². The first-order chi connectivity index (χ1) is 28.8. The molecule has 270 valence electrons. The maximum Gasteiger partial charge on any atom is 0.166 e. The van der Waals surface area contributed by atoms with Gasteiger partial charge in [-0.15, -0.1) is 0 Å². The Morgan fingerprint density at radius 1 is 0.293 bits per heavy atom. The number of para-hydroxylation sites is 4. The van der Waals surface area contributed by atoms with Gasteiger partial charge in [-0.2, -0.15) is 0 Å². The van der Waals surface area contributed by atoms with Gasteiger partial charge in [-0.25, -0.2) is 15.0 Å². The minimum atomic E-state index is 0.613. The Balaban J connectivity index is 1.13. The van der Waals surface area contributed by atoms with Gasteiger partial charge < -0.3 is 9.13 Å². The molecule has 12 aromatic rings. The smallest absolute Gasteiger partial charge is 0.166 e. The summed E-state index contributed by atoms with van der Waals surface area (Å²) in [6.07, 6.45) is 0. The fourth-order valence-electron chi connectivity index (χ4n) is 8.91. The molecule has 0 aliphatic rings. The van der Waals surface area contributed by atoms with Gasteiger partial charge in [-0.05, 0) is 88.3 Å². The largest absolute Gasteiger partial charge is 0.309 e. The number of rotatable bonds is 5. The van der Waals surface area contributed by atoms with E-state index in [0.717, 1.165) is 66.3 Å². The lowest BCUT2D eigenvalue weighted by Crippen LogP contribution is -2.04. The lowest BCUT2D eigenvalue weighted by molar-refractivity contribution is 1.07. The molecule has 0 aliphatic carbocycles. The monoisotopic (exact) mass is 739 g/mol. The molecule has 0 fully saturated rings. The van der Waals surface area contributed by atoms with E-state index in [4.69, 9.17) is 15.0 Å². The lowest BCUT2D eigenvalue weighted by Gasteiger charge is -2.15. The summed E-state index contributed by atoms with van der Waals surface area (Å²) in [4.78, 5) is 16.0. The van der Waals surface area contributed by atoms with Crippen molar-refractivity contribution >= 4 is 65.2 Å². The fraction of sp³-hybridized carbons (Fsp3) is 0. The fourth-order valence-corrected chi connectivity index (χ4v) is 8.91. The van der Waals surface area contributed by atoms with Crippen LogP contribution < -0.4 is 0 Å². The highest BCUT2D eigenvalue weighted by atomic mass is 15.1. The summed E-state index contributed by atoms with van der Waals surface area (Å²) in [5, 5.41) is 9.37. The van der Waals surface area contributed by atoms with Gasteiger partial charge in [-0.3, -0.25) is 0 Å². The van der Waals surface area contributed by atoms with Crippen molar-refractivity contribution in [2.45, 2.75) is 0 Å². The summed E-state index contributed by atoms with van der Waals surface area (Å²) in [6.45, 7) is 0. The molecule has 0 unspecified atom stereocenters. The van der Waals surface area contributed by atoms with Crippen LogP contribution in [0.25, 0.3) is 111 Å². The van der Waals surface area contributed by atoms with Gasteiger partial charge in [-0.1, -0.05) is 133 Å².